The molecule has 0 aromatic carbocycles. The van der Waals surface area contributed by atoms with Crippen LogP contribution >= 0.6 is 11.3 Å². The van der Waals surface area contributed by atoms with E-state index in [1.165, 1.54) is 18.3 Å². The summed E-state index contributed by atoms with van der Waals surface area (Å²) in [5.74, 6) is -0.388. The van der Waals surface area contributed by atoms with E-state index < -0.39 is 23.3 Å². The third kappa shape index (κ3) is 3.07. The van der Waals surface area contributed by atoms with Gasteiger partial charge < -0.3 is 4.74 Å². The van der Waals surface area contributed by atoms with Crippen LogP contribution in [-0.4, -0.2) is 22.1 Å². The SMILES string of the molecule is Cc1cc2c(=O)n(C(C)C(=O)OCC(C)C)c(=O)[nH]c2s1. The number of hydrogen-bond acceptors (Lipinski definition) is 5. The number of hydrogen-bond donors (Lipinski definition) is 1. The number of aromatic nitrogens is 2. The summed E-state index contributed by atoms with van der Waals surface area (Å²) in [6.07, 6.45) is 0. The molecule has 0 aliphatic rings. The summed E-state index contributed by atoms with van der Waals surface area (Å²) in [6.45, 7) is 7.43. The molecule has 21 heavy (non-hydrogen) atoms. The van der Waals surface area contributed by atoms with Crippen LogP contribution in [0.15, 0.2) is 15.7 Å². The minimum atomic E-state index is -0.954. The summed E-state index contributed by atoms with van der Waals surface area (Å²) in [7, 11) is 0. The molecule has 0 bridgehead atoms. The van der Waals surface area contributed by atoms with Gasteiger partial charge in [-0.15, -0.1) is 11.3 Å². The highest BCUT2D eigenvalue weighted by Crippen LogP contribution is 2.19. The van der Waals surface area contributed by atoms with Crippen molar-refractivity contribution in [1.82, 2.24) is 9.55 Å². The molecule has 6 nitrogen and oxygen atoms in total. The number of carbonyl (C=O) groups excluding carboxylic acids is 1. The summed E-state index contributed by atoms with van der Waals surface area (Å²) < 4.78 is 6.01. The van der Waals surface area contributed by atoms with Crippen LogP contribution in [0.25, 0.3) is 10.2 Å². The smallest absolute Gasteiger partial charge is 0.330 e. The summed E-state index contributed by atoms with van der Waals surface area (Å²) in [5, 5.41) is 0.417. The van der Waals surface area contributed by atoms with Crippen molar-refractivity contribution >= 4 is 27.5 Å². The molecule has 0 aliphatic heterocycles. The molecule has 0 amide bonds. The van der Waals surface area contributed by atoms with E-state index in [0.717, 1.165) is 9.44 Å². The van der Waals surface area contributed by atoms with E-state index in [4.69, 9.17) is 4.74 Å². The molecule has 1 atom stereocenters. The van der Waals surface area contributed by atoms with E-state index in [-0.39, 0.29) is 12.5 Å². The quantitative estimate of drug-likeness (QED) is 0.873. The van der Waals surface area contributed by atoms with Crippen molar-refractivity contribution in [3.63, 3.8) is 0 Å². The number of aromatic amines is 1. The molecule has 2 aromatic heterocycles. The number of thiophene rings is 1. The highest BCUT2D eigenvalue weighted by atomic mass is 32.1. The molecule has 7 heteroatoms. The Morgan fingerprint density at radius 1 is 1.38 bits per heavy atom. The maximum Gasteiger partial charge on any atom is 0.330 e. The number of nitrogens with zero attached hydrogens (tertiary/aromatic N) is 1. The fourth-order valence-corrected chi connectivity index (χ4v) is 2.87. The summed E-state index contributed by atoms with van der Waals surface area (Å²) in [4.78, 5) is 40.5. The van der Waals surface area contributed by atoms with E-state index in [1.807, 2.05) is 20.8 Å². The minimum absolute atomic E-state index is 0.193. The van der Waals surface area contributed by atoms with Gasteiger partial charge in [0, 0.05) is 4.88 Å². The van der Waals surface area contributed by atoms with E-state index in [0.29, 0.717) is 10.2 Å². The molecule has 0 spiro atoms. The largest absolute Gasteiger partial charge is 0.464 e. The van der Waals surface area contributed by atoms with Crippen LogP contribution in [0.3, 0.4) is 0 Å². The minimum Gasteiger partial charge on any atom is -0.464 e. The number of fused-ring (bicyclic) bond motifs is 1. The van der Waals surface area contributed by atoms with Crippen LogP contribution in [0.1, 0.15) is 31.7 Å². The second-order valence-electron chi connectivity index (χ2n) is 5.41. The predicted molar refractivity (Wildman–Crippen MR) is 82.0 cm³/mol. The van der Waals surface area contributed by atoms with Crippen LogP contribution in [-0.2, 0) is 9.53 Å². The van der Waals surface area contributed by atoms with Gasteiger partial charge in [-0.1, -0.05) is 13.8 Å². The third-order valence-corrected chi connectivity index (χ3v) is 4.00. The zero-order chi connectivity index (χ0) is 15.7. The number of nitrogens with one attached hydrogen (secondary N) is 1. The maximum atomic E-state index is 12.4. The van der Waals surface area contributed by atoms with E-state index in [1.54, 1.807) is 6.07 Å². The Balaban J connectivity index is 2.43. The number of aryl methyl sites for hydroxylation is 1. The van der Waals surface area contributed by atoms with Gasteiger partial charge in [0.05, 0.1) is 12.0 Å². The average molecular weight is 310 g/mol. The standard InChI is InChI=1S/C14H18N2O4S/c1-7(2)6-20-13(18)9(4)16-12(17)10-5-8(3)21-11(10)15-14(16)19/h5,7,9H,6H2,1-4H3,(H,15,19). The number of rotatable bonds is 4. The van der Waals surface area contributed by atoms with Crippen LogP contribution < -0.4 is 11.2 Å². The van der Waals surface area contributed by atoms with Crippen molar-refractivity contribution in [3.05, 3.63) is 31.8 Å². The van der Waals surface area contributed by atoms with Gasteiger partial charge in [0.1, 0.15) is 10.9 Å². The molecule has 1 unspecified atom stereocenters. The lowest BCUT2D eigenvalue weighted by molar-refractivity contribution is -0.148. The lowest BCUT2D eigenvalue weighted by atomic mass is 10.2. The molecule has 114 valence electrons. The average Bonchev–Trinajstić information content (AvgIpc) is 2.76. The monoisotopic (exact) mass is 310 g/mol. The zero-order valence-corrected chi connectivity index (χ0v) is 13.2. The van der Waals surface area contributed by atoms with Gasteiger partial charge in [-0.05, 0) is 25.8 Å². The van der Waals surface area contributed by atoms with Gasteiger partial charge in [0.2, 0.25) is 0 Å². The molecular weight excluding hydrogens is 292 g/mol. The number of esters is 1. The van der Waals surface area contributed by atoms with Crippen molar-refractivity contribution in [2.45, 2.75) is 33.7 Å². The van der Waals surface area contributed by atoms with Gasteiger partial charge in [-0.25, -0.2) is 14.2 Å². The van der Waals surface area contributed by atoms with Gasteiger partial charge >= 0.3 is 11.7 Å². The second-order valence-corrected chi connectivity index (χ2v) is 6.66. The molecule has 0 fully saturated rings. The maximum absolute atomic E-state index is 12.4. The Labute approximate surface area is 125 Å². The number of carbonyl (C=O) groups is 1. The fourth-order valence-electron chi connectivity index (χ4n) is 1.97. The van der Waals surface area contributed by atoms with Gasteiger partial charge in [-0.2, -0.15) is 0 Å². The van der Waals surface area contributed by atoms with Crippen LogP contribution in [0.5, 0.6) is 0 Å². The lowest BCUT2D eigenvalue weighted by Crippen LogP contribution is -2.40. The Kier molecular flexibility index (Phi) is 4.32. The van der Waals surface area contributed by atoms with E-state index >= 15 is 0 Å². The summed E-state index contributed by atoms with van der Waals surface area (Å²) >= 11 is 1.34. The topological polar surface area (TPSA) is 81.2 Å². The molecule has 0 radical (unpaired) electrons. The van der Waals surface area contributed by atoms with E-state index in [2.05, 4.69) is 4.98 Å². The molecule has 2 heterocycles. The van der Waals surface area contributed by atoms with Crippen molar-refractivity contribution in [2.24, 2.45) is 5.92 Å². The predicted octanol–water partition coefficient (Wildman–Crippen LogP) is 1.82. The van der Waals surface area contributed by atoms with Crippen molar-refractivity contribution < 1.29 is 9.53 Å². The molecule has 0 aliphatic carbocycles. The first-order valence-corrected chi connectivity index (χ1v) is 7.54. The Bertz CT molecular complexity index is 784. The third-order valence-electron chi connectivity index (χ3n) is 3.03. The molecular formula is C14H18N2O4S. The van der Waals surface area contributed by atoms with Crippen LogP contribution in [0.4, 0.5) is 0 Å². The van der Waals surface area contributed by atoms with Crippen LogP contribution in [0.2, 0.25) is 0 Å². The van der Waals surface area contributed by atoms with E-state index in [9.17, 15) is 14.4 Å². The Morgan fingerprint density at radius 2 is 2.05 bits per heavy atom. The summed E-state index contributed by atoms with van der Waals surface area (Å²) in [6, 6.07) is 0.755. The Morgan fingerprint density at radius 3 is 2.67 bits per heavy atom. The first kappa shape index (κ1) is 15.5. The molecule has 1 N–H and O–H groups in total. The first-order valence-electron chi connectivity index (χ1n) is 6.73. The van der Waals surface area contributed by atoms with Crippen molar-refractivity contribution in [3.8, 4) is 0 Å². The lowest BCUT2D eigenvalue weighted by Gasteiger charge is -2.14. The zero-order valence-electron chi connectivity index (χ0n) is 12.4. The summed E-state index contributed by atoms with van der Waals surface area (Å²) in [5.41, 5.74) is -1.06. The number of H-pyrrole nitrogens is 1. The fraction of sp³-hybridized carbons (Fsp3) is 0.500. The molecule has 2 rings (SSSR count). The first-order chi connectivity index (χ1) is 9.81. The Hall–Kier alpha value is -1.89. The highest BCUT2D eigenvalue weighted by Gasteiger charge is 2.22. The van der Waals surface area contributed by atoms with Crippen molar-refractivity contribution in [1.29, 1.82) is 0 Å². The number of ether oxygens (including phenoxy) is 1. The highest BCUT2D eigenvalue weighted by molar-refractivity contribution is 7.18. The van der Waals surface area contributed by atoms with Gasteiger partial charge in [-0.3, -0.25) is 9.78 Å². The molecule has 0 saturated carbocycles. The van der Waals surface area contributed by atoms with Gasteiger partial charge in [0.15, 0.2) is 0 Å². The van der Waals surface area contributed by atoms with Crippen LogP contribution in [0, 0.1) is 12.8 Å². The normalized spacial score (nSPS) is 12.8. The van der Waals surface area contributed by atoms with Gasteiger partial charge in [0.25, 0.3) is 5.56 Å². The molecule has 0 saturated heterocycles. The van der Waals surface area contributed by atoms with Crippen molar-refractivity contribution in [2.75, 3.05) is 6.61 Å². The second kappa shape index (κ2) is 5.85. The molecule has 2 aromatic rings.